The van der Waals surface area contributed by atoms with Gasteiger partial charge >= 0.3 is 0 Å². The average Bonchev–Trinajstić information content (AvgIpc) is 3.25. The van der Waals surface area contributed by atoms with Crippen molar-refractivity contribution in [1.82, 2.24) is 15.0 Å². The molecular formula is C51H31N3. The highest BCUT2D eigenvalue weighted by atomic mass is 14.7. The number of para-hydroxylation sites is 1. The first-order valence-corrected chi connectivity index (χ1v) is 18.3. The highest BCUT2D eigenvalue weighted by Gasteiger charge is 2.17. The number of pyridine rings is 3. The summed E-state index contributed by atoms with van der Waals surface area (Å²) < 4.78 is 0. The van der Waals surface area contributed by atoms with E-state index in [1.165, 1.54) is 48.7 Å². The first-order valence-electron chi connectivity index (χ1n) is 18.3. The van der Waals surface area contributed by atoms with E-state index in [1.807, 2.05) is 18.5 Å². The third-order valence-electron chi connectivity index (χ3n) is 10.9. The van der Waals surface area contributed by atoms with Gasteiger partial charge in [0, 0.05) is 39.9 Å². The Morgan fingerprint density at radius 1 is 0.315 bits per heavy atom. The molecule has 0 saturated carbocycles. The van der Waals surface area contributed by atoms with Crippen LogP contribution < -0.4 is 0 Å². The van der Waals surface area contributed by atoms with Crippen LogP contribution in [-0.4, -0.2) is 15.0 Å². The van der Waals surface area contributed by atoms with Crippen molar-refractivity contribution in [3.05, 3.63) is 188 Å². The highest BCUT2D eigenvalue weighted by Crippen LogP contribution is 2.41. The van der Waals surface area contributed by atoms with Crippen molar-refractivity contribution >= 4 is 64.9 Å². The van der Waals surface area contributed by atoms with Crippen LogP contribution in [0.15, 0.2) is 188 Å². The van der Waals surface area contributed by atoms with Gasteiger partial charge in [0.1, 0.15) is 0 Å². The molecule has 3 heterocycles. The first-order chi connectivity index (χ1) is 26.8. The molecule has 0 unspecified atom stereocenters. The molecule has 3 nitrogen and oxygen atoms in total. The maximum Gasteiger partial charge on any atom is 0.0795 e. The molecule has 0 amide bonds. The van der Waals surface area contributed by atoms with E-state index in [0.717, 1.165) is 61.0 Å². The highest BCUT2D eigenvalue weighted by molar-refractivity contribution is 6.16. The molecule has 0 fully saturated rings. The number of nitrogens with zero attached hydrogens (tertiary/aromatic N) is 3. The normalized spacial score (nSPS) is 11.7. The molecule has 8 aromatic carbocycles. The third kappa shape index (κ3) is 4.87. The number of aromatic nitrogens is 3. The van der Waals surface area contributed by atoms with Crippen molar-refractivity contribution in [2.24, 2.45) is 0 Å². The van der Waals surface area contributed by atoms with Crippen LogP contribution in [-0.2, 0) is 0 Å². The largest absolute Gasteiger partial charge is 0.256 e. The minimum Gasteiger partial charge on any atom is -0.256 e. The number of rotatable bonds is 4. The van der Waals surface area contributed by atoms with E-state index >= 15 is 0 Å². The van der Waals surface area contributed by atoms with Gasteiger partial charge in [-0.05, 0) is 102 Å². The van der Waals surface area contributed by atoms with E-state index in [1.54, 1.807) is 0 Å². The van der Waals surface area contributed by atoms with Crippen LogP contribution in [0.3, 0.4) is 0 Å². The molecule has 54 heavy (non-hydrogen) atoms. The van der Waals surface area contributed by atoms with Gasteiger partial charge in [-0.15, -0.1) is 0 Å². The Labute approximate surface area is 311 Å². The maximum absolute atomic E-state index is 5.41. The average molecular weight is 686 g/mol. The molecule has 0 spiro atoms. The zero-order valence-electron chi connectivity index (χ0n) is 29.2. The lowest BCUT2D eigenvalue weighted by Crippen LogP contribution is -1.94. The van der Waals surface area contributed by atoms with Gasteiger partial charge in [-0.3, -0.25) is 9.97 Å². The minimum atomic E-state index is 0.894. The summed E-state index contributed by atoms with van der Waals surface area (Å²) in [4.78, 5) is 15.2. The van der Waals surface area contributed by atoms with Gasteiger partial charge in [0.05, 0.1) is 22.4 Å². The van der Waals surface area contributed by atoms with Crippen molar-refractivity contribution in [2.75, 3.05) is 0 Å². The van der Waals surface area contributed by atoms with Crippen molar-refractivity contribution < 1.29 is 0 Å². The molecule has 0 radical (unpaired) electrons. The molecule has 0 saturated heterocycles. The molecule has 11 rings (SSSR count). The van der Waals surface area contributed by atoms with Crippen LogP contribution in [0.5, 0.6) is 0 Å². The van der Waals surface area contributed by atoms with Gasteiger partial charge in [0.15, 0.2) is 0 Å². The molecule has 0 atom stereocenters. The maximum atomic E-state index is 5.41. The zero-order chi connectivity index (χ0) is 35.6. The van der Waals surface area contributed by atoms with E-state index in [4.69, 9.17) is 15.0 Å². The van der Waals surface area contributed by atoms with E-state index < -0.39 is 0 Å². The Morgan fingerprint density at radius 2 is 0.907 bits per heavy atom. The quantitative estimate of drug-likeness (QED) is 0.173. The number of benzene rings is 8. The second-order valence-electron chi connectivity index (χ2n) is 14.0. The smallest absolute Gasteiger partial charge is 0.0795 e. The number of hydrogen-bond donors (Lipinski definition) is 0. The molecule has 11 aromatic rings. The summed E-state index contributed by atoms with van der Waals surface area (Å²) in [6.07, 6.45) is 3.85. The zero-order valence-corrected chi connectivity index (χ0v) is 29.2. The van der Waals surface area contributed by atoms with Crippen LogP contribution >= 0.6 is 0 Å². The SMILES string of the molecule is c1cnc2c(-c3ccc(-c4cc(-c5cc6ccccc6c6ccccc56)nc5ccc(-c6cc7ccccc7c7ccccc67)cc45)cn3)cccc2c1. The topological polar surface area (TPSA) is 38.7 Å². The third-order valence-corrected chi connectivity index (χ3v) is 10.9. The van der Waals surface area contributed by atoms with Gasteiger partial charge in [-0.2, -0.15) is 0 Å². The summed E-state index contributed by atoms with van der Waals surface area (Å²) in [6, 6.07) is 62.9. The molecule has 250 valence electrons. The van der Waals surface area contributed by atoms with Gasteiger partial charge in [0.2, 0.25) is 0 Å². The summed E-state index contributed by atoms with van der Waals surface area (Å²) in [6.45, 7) is 0. The lowest BCUT2D eigenvalue weighted by Gasteiger charge is -2.16. The second-order valence-corrected chi connectivity index (χ2v) is 14.0. The molecule has 0 bridgehead atoms. The summed E-state index contributed by atoms with van der Waals surface area (Å²) in [5.74, 6) is 0. The second kappa shape index (κ2) is 12.2. The van der Waals surface area contributed by atoms with Crippen LogP contribution in [0.4, 0.5) is 0 Å². The van der Waals surface area contributed by atoms with Crippen LogP contribution in [0, 0.1) is 0 Å². The first kappa shape index (κ1) is 30.4. The summed E-state index contributed by atoms with van der Waals surface area (Å²) >= 11 is 0. The lowest BCUT2D eigenvalue weighted by molar-refractivity contribution is 1.32. The number of fused-ring (bicyclic) bond motifs is 8. The fraction of sp³-hybridized carbons (Fsp3) is 0. The monoisotopic (exact) mass is 685 g/mol. The van der Waals surface area contributed by atoms with Crippen LogP contribution in [0.2, 0.25) is 0 Å². The van der Waals surface area contributed by atoms with Gasteiger partial charge in [0.25, 0.3) is 0 Å². The van der Waals surface area contributed by atoms with E-state index in [9.17, 15) is 0 Å². The lowest BCUT2D eigenvalue weighted by atomic mass is 9.90. The molecule has 0 aliphatic heterocycles. The van der Waals surface area contributed by atoms with Crippen molar-refractivity contribution in [1.29, 1.82) is 0 Å². The van der Waals surface area contributed by atoms with Crippen molar-refractivity contribution in [2.45, 2.75) is 0 Å². The molecule has 3 aromatic heterocycles. The summed E-state index contributed by atoms with van der Waals surface area (Å²) in [5.41, 5.74) is 10.3. The molecular weight excluding hydrogens is 655 g/mol. The van der Waals surface area contributed by atoms with E-state index in [0.29, 0.717) is 0 Å². The Kier molecular flexibility index (Phi) is 6.86. The fourth-order valence-corrected chi connectivity index (χ4v) is 8.35. The molecule has 3 heteroatoms. The Balaban J connectivity index is 1.16. The predicted octanol–water partition coefficient (Wildman–Crippen LogP) is 13.5. The standard InChI is InChI=1S/C51H31N3/c1-3-15-37-33(11-1)27-44(41-19-7-5-17-39(37)41)35-22-25-49-47(29-35)45(36-23-24-48(53-31-36)43-21-9-13-32-14-10-26-52-51(32)43)30-50(54-49)46-28-34-12-2-4-16-38(34)40-18-6-8-20-42(40)46/h1-31H. The fourth-order valence-electron chi connectivity index (χ4n) is 8.35. The molecule has 0 N–H and O–H groups in total. The molecule has 0 aliphatic rings. The van der Waals surface area contributed by atoms with Crippen LogP contribution in [0.25, 0.3) is 110 Å². The van der Waals surface area contributed by atoms with Gasteiger partial charge in [-0.25, -0.2) is 4.98 Å². The number of hydrogen-bond acceptors (Lipinski definition) is 3. The van der Waals surface area contributed by atoms with Crippen LogP contribution in [0.1, 0.15) is 0 Å². The minimum absolute atomic E-state index is 0.894. The van der Waals surface area contributed by atoms with Crippen molar-refractivity contribution in [3.8, 4) is 44.8 Å². The molecule has 0 aliphatic carbocycles. The van der Waals surface area contributed by atoms with Gasteiger partial charge in [-0.1, -0.05) is 133 Å². The summed E-state index contributed by atoms with van der Waals surface area (Å²) in [7, 11) is 0. The van der Waals surface area contributed by atoms with E-state index in [-0.39, 0.29) is 0 Å². The Bertz CT molecular complexity index is 3270. The van der Waals surface area contributed by atoms with Crippen molar-refractivity contribution in [3.63, 3.8) is 0 Å². The summed E-state index contributed by atoms with van der Waals surface area (Å²) in [5, 5.41) is 12.0. The Morgan fingerprint density at radius 3 is 1.63 bits per heavy atom. The van der Waals surface area contributed by atoms with Gasteiger partial charge < -0.3 is 0 Å². The Hall–Kier alpha value is -7.23. The van der Waals surface area contributed by atoms with E-state index in [2.05, 4.69) is 170 Å². The predicted molar refractivity (Wildman–Crippen MR) is 227 cm³/mol.